The molecule has 3 unspecified atom stereocenters. The van der Waals surface area contributed by atoms with E-state index >= 15 is 0 Å². The summed E-state index contributed by atoms with van der Waals surface area (Å²) in [6.45, 7) is 5.97. The lowest BCUT2D eigenvalue weighted by Gasteiger charge is -2.23. The minimum absolute atomic E-state index is 0.0359. The van der Waals surface area contributed by atoms with Gasteiger partial charge in [-0.15, -0.1) is 0 Å². The van der Waals surface area contributed by atoms with E-state index in [1.165, 1.54) is 32.1 Å². The molecule has 0 bridgehead atoms. The van der Waals surface area contributed by atoms with Gasteiger partial charge in [-0.25, -0.2) is 0 Å². The van der Waals surface area contributed by atoms with Gasteiger partial charge in [-0.1, -0.05) is 44.8 Å². The van der Waals surface area contributed by atoms with Crippen molar-refractivity contribution in [2.75, 3.05) is 7.11 Å². The number of rotatable bonds is 17. The first-order valence-electron chi connectivity index (χ1n) is 12.4. The van der Waals surface area contributed by atoms with Gasteiger partial charge in [0.15, 0.2) is 0 Å². The van der Waals surface area contributed by atoms with Gasteiger partial charge in [0, 0.05) is 26.4 Å². The lowest BCUT2D eigenvalue weighted by Crippen LogP contribution is -2.21. The highest BCUT2D eigenvalue weighted by atomic mass is 16.5. The van der Waals surface area contributed by atoms with E-state index in [9.17, 15) is 9.59 Å². The Kier molecular flexibility index (Phi) is 14.8. The summed E-state index contributed by atoms with van der Waals surface area (Å²) in [6, 6.07) is 0. The molecule has 0 aromatic carbocycles. The Labute approximate surface area is 185 Å². The number of ether oxygens (including phenoxy) is 2. The van der Waals surface area contributed by atoms with Crippen LogP contribution >= 0.6 is 0 Å². The number of carbonyl (C=O) groups is 2. The lowest BCUT2D eigenvalue weighted by molar-refractivity contribution is -0.147. The molecule has 0 radical (unpaired) electrons. The van der Waals surface area contributed by atoms with Crippen LogP contribution in [0.25, 0.3) is 0 Å². The van der Waals surface area contributed by atoms with E-state index in [0.29, 0.717) is 30.1 Å². The van der Waals surface area contributed by atoms with Crippen LogP contribution in [0.15, 0.2) is 12.2 Å². The second-order valence-electron chi connectivity index (χ2n) is 9.15. The van der Waals surface area contributed by atoms with Gasteiger partial charge in [-0.05, 0) is 70.6 Å². The van der Waals surface area contributed by atoms with Crippen molar-refractivity contribution in [1.29, 1.82) is 0 Å². The van der Waals surface area contributed by atoms with Crippen LogP contribution in [0, 0.1) is 11.8 Å². The third-order valence-corrected chi connectivity index (χ3v) is 6.25. The van der Waals surface area contributed by atoms with Crippen molar-refractivity contribution in [2.24, 2.45) is 11.8 Å². The van der Waals surface area contributed by atoms with Gasteiger partial charge in [0.05, 0.1) is 12.2 Å². The molecule has 0 spiro atoms. The molecule has 0 aromatic rings. The standard InChI is InChI=1S/C26H46O4/c1-5-6-7-8-11-14-23(27)19-17-22-18-20-25(29-4)24(22)15-12-9-10-13-16-26(28)30-21(2)3/h9,12,21-22,24-25H,5-8,10-11,13-20H2,1-4H3. The van der Waals surface area contributed by atoms with E-state index < -0.39 is 0 Å². The summed E-state index contributed by atoms with van der Waals surface area (Å²) < 4.78 is 10.9. The first kappa shape index (κ1) is 26.9. The first-order valence-corrected chi connectivity index (χ1v) is 12.4. The molecule has 1 fully saturated rings. The fourth-order valence-corrected chi connectivity index (χ4v) is 4.56. The van der Waals surface area contributed by atoms with E-state index in [2.05, 4.69) is 19.1 Å². The predicted octanol–water partition coefficient (Wildman–Crippen LogP) is 6.81. The summed E-state index contributed by atoms with van der Waals surface area (Å²) >= 11 is 0. The maximum absolute atomic E-state index is 12.3. The second kappa shape index (κ2) is 16.5. The van der Waals surface area contributed by atoms with E-state index in [-0.39, 0.29) is 12.1 Å². The number of esters is 1. The molecule has 3 atom stereocenters. The van der Waals surface area contributed by atoms with Gasteiger partial charge < -0.3 is 9.47 Å². The predicted molar refractivity (Wildman–Crippen MR) is 123 cm³/mol. The third kappa shape index (κ3) is 11.9. The fraction of sp³-hybridized carbons (Fsp3) is 0.846. The lowest BCUT2D eigenvalue weighted by atomic mass is 9.87. The van der Waals surface area contributed by atoms with Crippen molar-refractivity contribution in [3.8, 4) is 0 Å². The average Bonchev–Trinajstić information content (AvgIpc) is 3.10. The molecule has 4 heteroatoms. The summed E-state index contributed by atoms with van der Waals surface area (Å²) in [5, 5.41) is 0. The van der Waals surface area contributed by atoms with Gasteiger partial charge in [0.25, 0.3) is 0 Å². The number of unbranched alkanes of at least 4 members (excludes halogenated alkanes) is 5. The van der Waals surface area contributed by atoms with Gasteiger partial charge in [0.1, 0.15) is 5.78 Å². The minimum atomic E-state index is -0.108. The number of hydrogen-bond donors (Lipinski definition) is 0. The van der Waals surface area contributed by atoms with Gasteiger partial charge in [-0.3, -0.25) is 9.59 Å². The maximum Gasteiger partial charge on any atom is 0.306 e. The second-order valence-corrected chi connectivity index (χ2v) is 9.15. The molecule has 0 N–H and O–H groups in total. The molecule has 0 aromatic heterocycles. The van der Waals surface area contributed by atoms with E-state index in [1.807, 2.05) is 21.0 Å². The van der Waals surface area contributed by atoms with Crippen LogP contribution < -0.4 is 0 Å². The average molecular weight is 423 g/mol. The molecular formula is C26H46O4. The van der Waals surface area contributed by atoms with Crippen molar-refractivity contribution in [1.82, 2.24) is 0 Å². The highest BCUT2D eigenvalue weighted by Gasteiger charge is 2.35. The summed E-state index contributed by atoms with van der Waals surface area (Å²) in [6.07, 6.45) is 18.7. The molecular weight excluding hydrogens is 376 g/mol. The van der Waals surface area contributed by atoms with Crippen molar-refractivity contribution in [3.63, 3.8) is 0 Å². The summed E-state index contributed by atoms with van der Waals surface area (Å²) in [4.78, 5) is 23.8. The molecule has 1 aliphatic carbocycles. The van der Waals surface area contributed by atoms with E-state index in [0.717, 1.165) is 51.4 Å². The Morgan fingerprint density at radius 1 is 0.967 bits per heavy atom. The van der Waals surface area contributed by atoms with E-state index in [4.69, 9.17) is 9.47 Å². The normalized spacial score (nSPS) is 21.6. The largest absolute Gasteiger partial charge is 0.463 e. The zero-order valence-corrected chi connectivity index (χ0v) is 20.0. The first-order chi connectivity index (χ1) is 14.5. The van der Waals surface area contributed by atoms with Crippen LogP contribution in [-0.4, -0.2) is 31.1 Å². The summed E-state index contributed by atoms with van der Waals surface area (Å²) in [7, 11) is 1.81. The molecule has 0 saturated heterocycles. The molecule has 1 aliphatic rings. The van der Waals surface area contributed by atoms with Crippen LogP contribution in [0.1, 0.15) is 111 Å². The SMILES string of the molecule is CCCCCCCC(=O)CCC1CCC(OC)C1CC=CCCCC(=O)OC(C)C. The van der Waals surface area contributed by atoms with Gasteiger partial charge in [0.2, 0.25) is 0 Å². The van der Waals surface area contributed by atoms with Crippen molar-refractivity contribution >= 4 is 11.8 Å². The molecule has 4 nitrogen and oxygen atoms in total. The summed E-state index contributed by atoms with van der Waals surface area (Å²) in [5.74, 6) is 1.43. The molecule has 174 valence electrons. The van der Waals surface area contributed by atoms with Crippen LogP contribution in [0.5, 0.6) is 0 Å². The Hall–Kier alpha value is -1.16. The zero-order chi connectivity index (χ0) is 22.2. The number of carbonyl (C=O) groups excluding carboxylic acids is 2. The zero-order valence-electron chi connectivity index (χ0n) is 20.0. The molecule has 0 amide bonds. The number of hydrogen-bond acceptors (Lipinski definition) is 4. The Morgan fingerprint density at radius 2 is 1.73 bits per heavy atom. The fourth-order valence-electron chi connectivity index (χ4n) is 4.56. The topological polar surface area (TPSA) is 52.6 Å². The van der Waals surface area contributed by atoms with Crippen LogP contribution in [-0.2, 0) is 19.1 Å². The van der Waals surface area contributed by atoms with Crippen molar-refractivity contribution < 1.29 is 19.1 Å². The highest BCUT2D eigenvalue weighted by Crippen LogP contribution is 2.39. The molecule has 0 aliphatic heterocycles. The smallest absolute Gasteiger partial charge is 0.306 e. The van der Waals surface area contributed by atoms with Gasteiger partial charge >= 0.3 is 5.97 Å². The van der Waals surface area contributed by atoms with Gasteiger partial charge in [-0.2, -0.15) is 0 Å². The Balaban J connectivity index is 2.29. The molecule has 0 heterocycles. The van der Waals surface area contributed by atoms with Crippen molar-refractivity contribution in [2.45, 2.75) is 123 Å². The minimum Gasteiger partial charge on any atom is -0.463 e. The van der Waals surface area contributed by atoms with Crippen molar-refractivity contribution in [3.05, 3.63) is 12.2 Å². The number of methoxy groups -OCH3 is 1. The Morgan fingerprint density at radius 3 is 2.43 bits per heavy atom. The van der Waals surface area contributed by atoms with Crippen LogP contribution in [0.4, 0.5) is 0 Å². The number of ketones is 1. The highest BCUT2D eigenvalue weighted by molar-refractivity contribution is 5.78. The van der Waals surface area contributed by atoms with Crippen LogP contribution in [0.3, 0.4) is 0 Å². The molecule has 1 rings (SSSR count). The monoisotopic (exact) mass is 422 g/mol. The molecule has 30 heavy (non-hydrogen) atoms. The van der Waals surface area contributed by atoms with Crippen LogP contribution in [0.2, 0.25) is 0 Å². The van der Waals surface area contributed by atoms with E-state index in [1.54, 1.807) is 0 Å². The third-order valence-electron chi connectivity index (χ3n) is 6.25. The quantitative estimate of drug-likeness (QED) is 0.147. The number of allylic oxidation sites excluding steroid dienone is 2. The number of Topliss-reactive ketones (excluding diaryl/α,β-unsaturated/α-hetero) is 1. The summed E-state index contributed by atoms with van der Waals surface area (Å²) in [5.41, 5.74) is 0. The maximum atomic E-state index is 12.3. The molecule has 1 saturated carbocycles. The Bertz CT molecular complexity index is 497.